The zero-order valence-electron chi connectivity index (χ0n) is 11.9. The van der Waals surface area contributed by atoms with E-state index in [0.717, 1.165) is 19.3 Å². The first-order chi connectivity index (χ1) is 8.68. The highest BCUT2D eigenvalue weighted by molar-refractivity contribution is 4.77. The van der Waals surface area contributed by atoms with Crippen molar-refractivity contribution in [1.82, 2.24) is 0 Å². The summed E-state index contributed by atoms with van der Waals surface area (Å²) in [5.74, 6) is 0. The van der Waals surface area contributed by atoms with Crippen molar-refractivity contribution in [3.05, 3.63) is 0 Å². The van der Waals surface area contributed by atoms with Gasteiger partial charge in [-0.05, 0) is 6.42 Å². The van der Waals surface area contributed by atoms with E-state index in [9.17, 15) is 4.39 Å². The first kappa shape index (κ1) is 17.8. The van der Waals surface area contributed by atoms with Gasteiger partial charge in [0.1, 0.15) is 6.79 Å². The van der Waals surface area contributed by atoms with Gasteiger partial charge >= 0.3 is 0 Å². The van der Waals surface area contributed by atoms with Gasteiger partial charge in [-0.3, -0.25) is 0 Å². The molecule has 4 heteroatoms. The predicted octanol–water partition coefficient (Wildman–Crippen LogP) is 3.45. The Hall–Kier alpha value is -0.190. The number of hydrogen-bond donors (Lipinski definition) is 1. The Morgan fingerprint density at radius 1 is 1.06 bits per heavy atom. The summed E-state index contributed by atoms with van der Waals surface area (Å²) >= 11 is 0. The molecule has 0 radical (unpaired) electrons. The van der Waals surface area contributed by atoms with Crippen molar-refractivity contribution < 1.29 is 19.0 Å². The lowest BCUT2D eigenvalue weighted by molar-refractivity contribution is -0.0892. The lowest BCUT2D eigenvalue weighted by atomic mass is 9.99. The molecule has 3 nitrogen and oxygen atoms in total. The Kier molecular flexibility index (Phi) is 11.8. The number of halogens is 1. The van der Waals surface area contributed by atoms with Crippen molar-refractivity contribution in [3.63, 3.8) is 0 Å². The zero-order valence-corrected chi connectivity index (χ0v) is 11.9. The molecular weight excluding hydrogens is 235 g/mol. The molecule has 0 aromatic rings. The van der Waals surface area contributed by atoms with E-state index in [1.54, 1.807) is 0 Å². The molecule has 1 N–H and O–H groups in total. The highest BCUT2D eigenvalue weighted by atomic mass is 19.1. The molecule has 0 amide bonds. The Bertz CT molecular complexity index is 178. The summed E-state index contributed by atoms with van der Waals surface area (Å²) in [5.41, 5.74) is -1.61. The molecular formula is C14H29FO3. The number of aliphatic hydroxyl groups is 1. The van der Waals surface area contributed by atoms with Gasteiger partial charge in [-0.1, -0.05) is 51.9 Å². The maximum atomic E-state index is 14.0. The van der Waals surface area contributed by atoms with Gasteiger partial charge in [-0.15, -0.1) is 0 Å². The van der Waals surface area contributed by atoms with Gasteiger partial charge in [0.15, 0.2) is 5.67 Å². The van der Waals surface area contributed by atoms with Crippen LogP contribution in [0, 0.1) is 0 Å². The molecule has 0 aromatic heterocycles. The molecule has 1 atom stereocenters. The van der Waals surface area contributed by atoms with E-state index in [4.69, 9.17) is 14.6 Å². The summed E-state index contributed by atoms with van der Waals surface area (Å²) in [6, 6.07) is 0. The summed E-state index contributed by atoms with van der Waals surface area (Å²) < 4.78 is 23.7. The van der Waals surface area contributed by atoms with Crippen molar-refractivity contribution in [2.24, 2.45) is 0 Å². The molecule has 0 saturated heterocycles. The maximum Gasteiger partial charge on any atom is 0.157 e. The first-order valence-electron chi connectivity index (χ1n) is 7.05. The number of alkyl halides is 1. The summed E-state index contributed by atoms with van der Waals surface area (Å²) in [6.45, 7) is 1.70. The number of methoxy groups -OCH3 is 1. The van der Waals surface area contributed by atoms with Crippen molar-refractivity contribution in [2.75, 3.05) is 27.1 Å². The predicted molar refractivity (Wildman–Crippen MR) is 71.4 cm³/mol. The monoisotopic (exact) mass is 264 g/mol. The van der Waals surface area contributed by atoms with E-state index >= 15 is 0 Å². The number of unbranched alkanes of at least 4 members (excludes halogenated alkanes) is 6. The number of aliphatic hydroxyl groups excluding tert-OH is 1. The average molecular weight is 264 g/mol. The average Bonchev–Trinajstić information content (AvgIpc) is 2.38. The fourth-order valence-electron chi connectivity index (χ4n) is 1.90. The second-order valence-corrected chi connectivity index (χ2v) is 4.94. The van der Waals surface area contributed by atoms with Crippen LogP contribution >= 0.6 is 0 Å². The number of ether oxygens (including phenoxy) is 2. The number of rotatable bonds is 13. The van der Waals surface area contributed by atoms with Gasteiger partial charge < -0.3 is 14.6 Å². The van der Waals surface area contributed by atoms with Crippen LogP contribution in [0.25, 0.3) is 0 Å². The van der Waals surface area contributed by atoms with Crippen LogP contribution in [0.4, 0.5) is 4.39 Å². The Morgan fingerprint density at radius 2 is 1.67 bits per heavy atom. The van der Waals surface area contributed by atoms with Gasteiger partial charge in [-0.25, -0.2) is 4.39 Å². The molecule has 0 aliphatic rings. The Labute approximate surface area is 111 Å². The second kappa shape index (κ2) is 11.9. The van der Waals surface area contributed by atoms with Crippen LogP contribution in [-0.4, -0.2) is 37.9 Å². The zero-order chi connectivity index (χ0) is 13.7. The molecule has 0 heterocycles. The van der Waals surface area contributed by atoms with Crippen molar-refractivity contribution in [1.29, 1.82) is 0 Å². The number of hydrogen-bond acceptors (Lipinski definition) is 3. The van der Waals surface area contributed by atoms with Gasteiger partial charge in [-0.2, -0.15) is 0 Å². The lowest BCUT2D eigenvalue weighted by Gasteiger charge is -2.22. The fourth-order valence-corrected chi connectivity index (χ4v) is 1.90. The van der Waals surface area contributed by atoms with Crippen molar-refractivity contribution in [2.45, 2.75) is 64.0 Å². The highest BCUT2D eigenvalue weighted by Gasteiger charge is 2.28. The molecule has 0 spiro atoms. The van der Waals surface area contributed by atoms with E-state index in [-0.39, 0.29) is 13.4 Å². The van der Waals surface area contributed by atoms with Crippen molar-refractivity contribution >= 4 is 0 Å². The smallest absolute Gasteiger partial charge is 0.157 e. The van der Waals surface area contributed by atoms with E-state index in [2.05, 4.69) is 6.92 Å². The van der Waals surface area contributed by atoms with Crippen LogP contribution in [0.2, 0.25) is 0 Å². The first-order valence-corrected chi connectivity index (χ1v) is 7.05. The normalized spacial score (nSPS) is 14.7. The minimum Gasteiger partial charge on any atom is -0.393 e. The summed E-state index contributed by atoms with van der Waals surface area (Å²) in [4.78, 5) is 0. The highest BCUT2D eigenvalue weighted by Crippen LogP contribution is 2.21. The SMILES string of the molecule is CCCCCCCCC[C@](F)(CO)COCOC. The minimum absolute atomic E-state index is 0.0721. The maximum absolute atomic E-state index is 14.0. The third-order valence-electron chi connectivity index (χ3n) is 3.07. The lowest BCUT2D eigenvalue weighted by Crippen LogP contribution is -2.34. The molecule has 0 aliphatic heterocycles. The van der Waals surface area contributed by atoms with Gasteiger partial charge in [0.25, 0.3) is 0 Å². The van der Waals surface area contributed by atoms with Crippen LogP contribution in [0.5, 0.6) is 0 Å². The van der Waals surface area contributed by atoms with E-state index in [1.165, 1.54) is 32.8 Å². The molecule has 0 fully saturated rings. The third-order valence-corrected chi connectivity index (χ3v) is 3.07. The topological polar surface area (TPSA) is 38.7 Å². The summed E-state index contributed by atoms with van der Waals surface area (Å²) in [7, 11) is 1.50. The van der Waals surface area contributed by atoms with Crippen LogP contribution in [0.15, 0.2) is 0 Å². The second-order valence-electron chi connectivity index (χ2n) is 4.94. The Balaban J connectivity index is 3.53. The van der Waals surface area contributed by atoms with Gasteiger partial charge in [0.2, 0.25) is 0 Å². The molecule has 18 heavy (non-hydrogen) atoms. The molecule has 0 aliphatic carbocycles. The third kappa shape index (κ3) is 9.80. The fraction of sp³-hybridized carbons (Fsp3) is 1.00. The van der Waals surface area contributed by atoms with E-state index < -0.39 is 12.3 Å². The molecule has 0 aromatic carbocycles. The minimum atomic E-state index is -1.61. The molecule has 0 saturated carbocycles. The standard InChI is InChI=1S/C14H29FO3/c1-3-4-5-6-7-8-9-10-14(15,11-16)12-18-13-17-2/h16H,3-13H2,1-2H3/t14-/m0/s1. The van der Waals surface area contributed by atoms with Crippen LogP contribution < -0.4 is 0 Å². The summed E-state index contributed by atoms with van der Waals surface area (Å²) in [6.07, 6.45) is 8.38. The Morgan fingerprint density at radius 3 is 2.22 bits per heavy atom. The van der Waals surface area contributed by atoms with E-state index in [1.807, 2.05) is 0 Å². The molecule has 0 rings (SSSR count). The quantitative estimate of drug-likeness (QED) is 0.409. The summed E-state index contributed by atoms with van der Waals surface area (Å²) in [5, 5.41) is 9.06. The largest absolute Gasteiger partial charge is 0.393 e. The van der Waals surface area contributed by atoms with Crippen LogP contribution in [0.1, 0.15) is 58.3 Å². The van der Waals surface area contributed by atoms with Crippen LogP contribution in [0.3, 0.4) is 0 Å². The van der Waals surface area contributed by atoms with E-state index in [0.29, 0.717) is 6.42 Å². The van der Waals surface area contributed by atoms with Crippen molar-refractivity contribution in [3.8, 4) is 0 Å². The van der Waals surface area contributed by atoms with Crippen LogP contribution in [-0.2, 0) is 9.47 Å². The van der Waals surface area contributed by atoms with Gasteiger partial charge in [0, 0.05) is 7.11 Å². The molecule has 110 valence electrons. The molecule has 0 unspecified atom stereocenters. The van der Waals surface area contributed by atoms with Gasteiger partial charge in [0.05, 0.1) is 13.2 Å². The molecule has 0 bridgehead atoms.